The van der Waals surface area contributed by atoms with Crippen LogP contribution in [-0.4, -0.2) is 16.4 Å². The Balaban J connectivity index is 3.00. The fourth-order valence-corrected chi connectivity index (χ4v) is 2.37. The van der Waals surface area contributed by atoms with Gasteiger partial charge < -0.3 is 11.1 Å². The van der Waals surface area contributed by atoms with Crippen LogP contribution in [0.15, 0.2) is 18.2 Å². The van der Waals surface area contributed by atoms with Crippen molar-refractivity contribution in [2.45, 2.75) is 39.2 Å². The maximum atomic E-state index is 12.3. The second-order valence-electron chi connectivity index (χ2n) is 4.57. The van der Waals surface area contributed by atoms with Crippen molar-refractivity contribution in [2.24, 2.45) is 5.73 Å². The first-order valence-corrected chi connectivity index (χ1v) is 7.03. The zero-order valence-electron chi connectivity index (χ0n) is 11.4. The molecule has 0 radical (unpaired) electrons. The van der Waals surface area contributed by atoms with Crippen LogP contribution in [0.5, 0.6) is 0 Å². The Morgan fingerprint density at radius 1 is 1.42 bits per heavy atom. The van der Waals surface area contributed by atoms with Crippen molar-refractivity contribution in [3.63, 3.8) is 0 Å². The lowest BCUT2D eigenvalue weighted by molar-refractivity contribution is 0.0920. The number of benzene rings is 1. The van der Waals surface area contributed by atoms with Gasteiger partial charge in [0.2, 0.25) is 0 Å². The van der Waals surface area contributed by atoms with E-state index in [1.807, 2.05) is 20.8 Å². The summed E-state index contributed by atoms with van der Waals surface area (Å²) in [6.45, 7) is 5.77. The largest absolute Gasteiger partial charge is 0.391 e. The molecular formula is C14H19ClN2OS. The van der Waals surface area contributed by atoms with Gasteiger partial charge in [-0.2, -0.15) is 0 Å². The average molecular weight is 299 g/mol. The molecule has 0 saturated heterocycles. The van der Waals surface area contributed by atoms with Crippen LogP contribution in [0.25, 0.3) is 0 Å². The first kappa shape index (κ1) is 15.9. The smallest absolute Gasteiger partial charge is 0.252 e. The van der Waals surface area contributed by atoms with Crippen molar-refractivity contribution in [3.8, 4) is 0 Å². The van der Waals surface area contributed by atoms with Gasteiger partial charge in [0.05, 0.1) is 10.5 Å². The number of rotatable bonds is 5. The number of carbonyl (C=O) groups is 1. The molecule has 5 heteroatoms. The Morgan fingerprint density at radius 2 is 2.00 bits per heavy atom. The predicted octanol–water partition coefficient (Wildman–Crippen LogP) is 3.22. The summed E-state index contributed by atoms with van der Waals surface area (Å²) in [6.07, 6.45) is 1.33. The summed E-state index contributed by atoms with van der Waals surface area (Å²) >= 11 is 11.0. The maximum Gasteiger partial charge on any atom is 0.252 e. The lowest BCUT2D eigenvalue weighted by Gasteiger charge is -2.31. The van der Waals surface area contributed by atoms with E-state index >= 15 is 0 Å². The Kier molecular flexibility index (Phi) is 5.32. The number of nitrogens with one attached hydrogen (secondary N) is 1. The van der Waals surface area contributed by atoms with Crippen molar-refractivity contribution in [2.75, 3.05) is 0 Å². The van der Waals surface area contributed by atoms with E-state index in [-0.39, 0.29) is 5.91 Å². The minimum absolute atomic E-state index is 0.184. The van der Waals surface area contributed by atoms with Gasteiger partial charge in [-0.3, -0.25) is 4.79 Å². The van der Waals surface area contributed by atoms with Crippen molar-refractivity contribution < 1.29 is 4.79 Å². The summed E-state index contributed by atoms with van der Waals surface area (Å²) in [5, 5.41) is 3.59. The summed E-state index contributed by atoms with van der Waals surface area (Å²) in [5.41, 5.74) is 6.57. The molecule has 104 valence electrons. The van der Waals surface area contributed by atoms with Crippen LogP contribution >= 0.6 is 23.8 Å². The molecule has 0 spiro atoms. The second-order valence-corrected chi connectivity index (χ2v) is 5.42. The maximum absolute atomic E-state index is 12.3. The molecule has 0 atom stereocenters. The molecule has 19 heavy (non-hydrogen) atoms. The minimum Gasteiger partial charge on any atom is -0.391 e. The lowest BCUT2D eigenvalue weighted by atomic mass is 9.92. The highest BCUT2D eigenvalue weighted by molar-refractivity contribution is 7.80. The van der Waals surface area contributed by atoms with Crippen LogP contribution < -0.4 is 11.1 Å². The van der Waals surface area contributed by atoms with Crippen molar-refractivity contribution in [1.29, 1.82) is 0 Å². The number of aryl methyl sites for hydroxylation is 1. The molecule has 1 aromatic carbocycles. The van der Waals surface area contributed by atoms with Gasteiger partial charge in [0.25, 0.3) is 5.91 Å². The zero-order chi connectivity index (χ0) is 14.6. The number of carbonyl (C=O) groups excluding carboxylic acids is 1. The number of thiocarbonyl (C=S) groups is 1. The fourth-order valence-electron chi connectivity index (χ4n) is 1.91. The molecule has 1 aromatic rings. The van der Waals surface area contributed by atoms with Crippen LogP contribution in [0.4, 0.5) is 0 Å². The topological polar surface area (TPSA) is 55.1 Å². The molecule has 0 unspecified atom stereocenters. The summed E-state index contributed by atoms with van der Waals surface area (Å²) in [4.78, 5) is 12.6. The second kappa shape index (κ2) is 6.35. The zero-order valence-corrected chi connectivity index (χ0v) is 13.0. The molecule has 0 fully saturated rings. The minimum atomic E-state index is -0.625. The van der Waals surface area contributed by atoms with E-state index in [1.54, 1.807) is 18.2 Å². The molecule has 0 heterocycles. The number of amides is 1. The van der Waals surface area contributed by atoms with Gasteiger partial charge in [0.15, 0.2) is 0 Å². The van der Waals surface area contributed by atoms with E-state index in [4.69, 9.17) is 29.6 Å². The predicted molar refractivity (Wildman–Crippen MR) is 83.8 cm³/mol. The summed E-state index contributed by atoms with van der Waals surface area (Å²) in [6, 6.07) is 5.17. The van der Waals surface area contributed by atoms with Gasteiger partial charge in [-0.25, -0.2) is 0 Å². The van der Waals surface area contributed by atoms with E-state index < -0.39 is 5.54 Å². The molecule has 0 bridgehead atoms. The van der Waals surface area contributed by atoms with Crippen LogP contribution in [0.3, 0.4) is 0 Å². The molecule has 3 N–H and O–H groups in total. The molecule has 1 amide bonds. The molecule has 3 nitrogen and oxygen atoms in total. The Labute approximate surface area is 124 Å². The Morgan fingerprint density at radius 3 is 2.42 bits per heavy atom. The van der Waals surface area contributed by atoms with Gasteiger partial charge >= 0.3 is 0 Å². The third-order valence-electron chi connectivity index (χ3n) is 3.45. The normalized spacial score (nSPS) is 11.2. The van der Waals surface area contributed by atoms with Gasteiger partial charge in [0, 0.05) is 10.6 Å². The number of halogens is 1. The first-order chi connectivity index (χ1) is 8.86. The molecular weight excluding hydrogens is 280 g/mol. The van der Waals surface area contributed by atoms with Gasteiger partial charge in [-0.05, 0) is 43.5 Å². The van der Waals surface area contributed by atoms with E-state index in [1.165, 1.54) is 0 Å². The summed E-state index contributed by atoms with van der Waals surface area (Å²) in [7, 11) is 0. The van der Waals surface area contributed by atoms with Gasteiger partial charge in [0.1, 0.15) is 0 Å². The average Bonchev–Trinajstić information content (AvgIpc) is 2.38. The molecule has 1 rings (SSSR count). The number of hydrogen-bond acceptors (Lipinski definition) is 2. The van der Waals surface area contributed by atoms with E-state index in [2.05, 4.69) is 5.32 Å². The van der Waals surface area contributed by atoms with Crippen molar-refractivity contribution in [3.05, 3.63) is 34.3 Å². The fraction of sp³-hybridized carbons (Fsp3) is 0.429. The highest BCUT2D eigenvalue weighted by Gasteiger charge is 2.31. The molecule has 0 aromatic heterocycles. The Hall–Kier alpha value is -1.13. The third-order valence-corrected chi connectivity index (χ3v) is 4.27. The third kappa shape index (κ3) is 3.45. The van der Waals surface area contributed by atoms with E-state index in [0.717, 1.165) is 5.56 Å². The SMILES string of the molecule is CCC(CC)(NC(=O)c1ccc(Cl)c(C)c1)C(N)=S. The number of nitrogens with two attached hydrogens (primary N) is 1. The Bertz CT molecular complexity index is 498. The quantitative estimate of drug-likeness (QED) is 0.821. The molecule has 0 aliphatic heterocycles. The van der Waals surface area contributed by atoms with E-state index in [9.17, 15) is 4.79 Å². The van der Waals surface area contributed by atoms with Crippen molar-refractivity contribution in [1.82, 2.24) is 5.32 Å². The van der Waals surface area contributed by atoms with E-state index in [0.29, 0.717) is 28.4 Å². The highest BCUT2D eigenvalue weighted by Crippen LogP contribution is 2.19. The lowest BCUT2D eigenvalue weighted by Crippen LogP contribution is -2.55. The van der Waals surface area contributed by atoms with Crippen LogP contribution in [0.2, 0.25) is 5.02 Å². The summed E-state index contributed by atoms with van der Waals surface area (Å²) in [5.74, 6) is -0.184. The molecule has 0 saturated carbocycles. The van der Waals surface area contributed by atoms with Crippen LogP contribution in [0, 0.1) is 6.92 Å². The standard InChI is InChI=1S/C14H19ClN2OS/c1-4-14(5-2,13(16)19)17-12(18)10-6-7-11(15)9(3)8-10/h6-8H,4-5H2,1-3H3,(H2,16,19)(H,17,18). The van der Waals surface area contributed by atoms with Gasteiger partial charge in [-0.15, -0.1) is 0 Å². The first-order valence-electron chi connectivity index (χ1n) is 6.25. The monoisotopic (exact) mass is 298 g/mol. The van der Waals surface area contributed by atoms with Crippen LogP contribution in [0.1, 0.15) is 42.6 Å². The highest BCUT2D eigenvalue weighted by atomic mass is 35.5. The van der Waals surface area contributed by atoms with Gasteiger partial charge in [-0.1, -0.05) is 37.7 Å². The summed E-state index contributed by atoms with van der Waals surface area (Å²) < 4.78 is 0. The van der Waals surface area contributed by atoms with Crippen molar-refractivity contribution >= 4 is 34.7 Å². The van der Waals surface area contributed by atoms with Crippen LogP contribution in [-0.2, 0) is 0 Å². The molecule has 0 aliphatic rings. The molecule has 0 aliphatic carbocycles. The number of hydrogen-bond donors (Lipinski definition) is 2.